The van der Waals surface area contributed by atoms with Crippen molar-refractivity contribution in [3.63, 3.8) is 0 Å². The molecule has 62 valence electrons. The number of nitrogens with two attached hydrogens (primary N) is 2. The van der Waals surface area contributed by atoms with Crippen molar-refractivity contribution in [2.24, 2.45) is 11.5 Å². The Morgan fingerprint density at radius 2 is 1.80 bits per heavy atom. The van der Waals surface area contributed by atoms with Gasteiger partial charge in [0.1, 0.15) is 0 Å². The number of rotatable bonds is 4. The van der Waals surface area contributed by atoms with Crippen molar-refractivity contribution >= 4 is 0 Å². The highest BCUT2D eigenvalue weighted by atomic mass is 16.3. The van der Waals surface area contributed by atoms with Gasteiger partial charge in [-0.15, -0.1) is 0 Å². The maximum Gasteiger partial charge on any atom is 0.0838 e. The van der Waals surface area contributed by atoms with Gasteiger partial charge >= 0.3 is 0 Å². The fraction of sp³-hybridized carbons (Fsp3) is 1.00. The van der Waals surface area contributed by atoms with Crippen LogP contribution in [0.3, 0.4) is 0 Å². The third-order valence-corrected chi connectivity index (χ3v) is 1.55. The normalized spacial score (nSPS) is 20.1. The van der Waals surface area contributed by atoms with E-state index in [-0.39, 0.29) is 6.54 Å². The first-order chi connectivity index (χ1) is 4.63. The second-order valence-electron chi connectivity index (χ2n) is 2.36. The molecule has 0 aliphatic carbocycles. The molecule has 0 spiro atoms. The van der Waals surface area contributed by atoms with Crippen molar-refractivity contribution in [2.45, 2.75) is 31.6 Å². The summed E-state index contributed by atoms with van der Waals surface area (Å²) in [5.41, 5.74) is 10.5. The Morgan fingerprint density at radius 3 is 2.10 bits per heavy atom. The highest BCUT2D eigenvalue weighted by molar-refractivity contribution is 4.78. The van der Waals surface area contributed by atoms with Gasteiger partial charge in [-0.3, -0.25) is 0 Å². The van der Waals surface area contributed by atoms with E-state index in [0.717, 1.165) is 0 Å². The van der Waals surface area contributed by atoms with Gasteiger partial charge in [0, 0.05) is 6.54 Å². The molecule has 0 rings (SSSR count). The summed E-state index contributed by atoms with van der Waals surface area (Å²) in [7, 11) is 0. The number of hydrogen-bond donors (Lipinski definition) is 4. The largest absolute Gasteiger partial charge is 0.391 e. The molecule has 0 aromatic rings. The van der Waals surface area contributed by atoms with Crippen molar-refractivity contribution in [3.05, 3.63) is 0 Å². The summed E-state index contributed by atoms with van der Waals surface area (Å²) < 4.78 is 0. The summed E-state index contributed by atoms with van der Waals surface area (Å²) >= 11 is 0. The van der Waals surface area contributed by atoms with Crippen molar-refractivity contribution in [3.8, 4) is 0 Å². The second-order valence-corrected chi connectivity index (χ2v) is 2.36. The van der Waals surface area contributed by atoms with E-state index in [1.807, 2.05) is 0 Å². The molecular formula is C6H16N2O2. The molecule has 4 nitrogen and oxygen atoms in total. The van der Waals surface area contributed by atoms with Crippen molar-refractivity contribution in [1.29, 1.82) is 0 Å². The molecule has 4 heteroatoms. The summed E-state index contributed by atoms with van der Waals surface area (Å²) in [4.78, 5) is 0. The zero-order chi connectivity index (χ0) is 8.15. The van der Waals surface area contributed by atoms with E-state index >= 15 is 0 Å². The van der Waals surface area contributed by atoms with Crippen LogP contribution in [0, 0.1) is 0 Å². The molecule has 0 aliphatic heterocycles. The fourth-order valence-corrected chi connectivity index (χ4v) is 0.686. The molecule has 0 aromatic heterocycles. The number of aliphatic hydroxyl groups excluding tert-OH is 2. The van der Waals surface area contributed by atoms with Crippen LogP contribution in [0.4, 0.5) is 0 Å². The van der Waals surface area contributed by atoms with E-state index in [4.69, 9.17) is 21.7 Å². The van der Waals surface area contributed by atoms with Crippen LogP contribution in [-0.2, 0) is 0 Å². The Kier molecular flexibility index (Phi) is 4.55. The monoisotopic (exact) mass is 148 g/mol. The van der Waals surface area contributed by atoms with Crippen molar-refractivity contribution in [1.82, 2.24) is 0 Å². The molecule has 10 heavy (non-hydrogen) atoms. The molecule has 0 saturated heterocycles. The van der Waals surface area contributed by atoms with Gasteiger partial charge in [0.25, 0.3) is 0 Å². The first-order valence-electron chi connectivity index (χ1n) is 3.45. The Labute approximate surface area is 60.8 Å². The second kappa shape index (κ2) is 4.62. The third-order valence-electron chi connectivity index (χ3n) is 1.55. The maximum atomic E-state index is 9.09. The standard InChI is InChI=1S/C6H16N2O2/c1-2-4(9)6(8)5(10)3-7/h4-6,9-10H,2-3,7-8H2,1H3. The summed E-state index contributed by atoms with van der Waals surface area (Å²) in [6, 6.07) is -0.616. The predicted octanol–water partition coefficient (Wildman–Crippen LogP) is -1.60. The summed E-state index contributed by atoms with van der Waals surface area (Å²) in [6.07, 6.45) is -0.911. The molecule has 0 saturated carbocycles. The van der Waals surface area contributed by atoms with E-state index in [0.29, 0.717) is 6.42 Å². The molecule has 0 radical (unpaired) electrons. The highest BCUT2D eigenvalue weighted by Gasteiger charge is 2.19. The van der Waals surface area contributed by atoms with Crippen molar-refractivity contribution < 1.29 is 10.2 Å². The van der Waals surface area contributed by atoms with Crippen LogP contribution in [0.2, 0.25) is 0 Å². The third kappa shape index (κ3) is 2.62. The molecule has 0 aromatic carbocycles. The van der Waals surface area contributed by atoms with Crippen LogP contribution in [0.25, 0.3) is 0 Å². The average molecular weight is 148 g/mol. The minimum atomic E-state index is -0.796. The Hall–Kier alpha value is -0.160. The zero-order valence-electron chi connectivity index (χ0n) is 6.20. The fourth-order valence-electron chi connectivity index (χ4n) is 0.686. The van der Waals surface area contributed by atoms with Crippen LogP contribution >= 0.6 is 0 Å². The van der Waals surface area contributed by atoms with Gasteiger partial charge in [0.15, 0.2) is 0 Å². The van der Waals surface area contributed by atoms with Crippen LogP contribution in [-0.4, -0.2) is 35.0 Å². The van der Waals surface area contributed by atoms with E-state index in [1.54, 1.807) is 6.92 Å². The van der Waals surface area contributed by atoms with Crippen LogP contribution in [0.15, 0.2) is 0 Å². The first-order valence-corrected chi connectivity index (χ1v) is 3.45. The van der Waals surface area contributed by atoms with Crippen LogP contribution in [0.1, 0.15) is 13.3 Å². The quantitative estimate of drug-likeness (QED) is 0.386. The molecule has 6 N–H and O–H groups in total. The lowest BCUT2D eigenvalue weighted by Gasteiger charge is -2.21. The molecule has 3 unspecified atom stereocenters. The van der Waals surface area contributed by atoms with Gasteiger partial charge in [-0.25, -0.2) is 0 Å². The van der Waals surface area contributed by atoms with Crippen molar-refractivity contribution in [2.75, 3.05) is 6.54 Å². The Balaban J connectivity index is 3.69. The van der Waals surface area contributed by atoms with Crippen LogP contribution < -0.4 is 11.5 Å². The van der Waals surface area contributed by atoms with E-state index in [2.05, 4.69) is 0 Å². The molecule has 0 bridgehead atoms. The molecule has 3 atom stereocenters. The molecular weight excluding hydrogens is 132 g/mol. The summed E-state index contributed by atoms with van der Waals surface area (Å²) in [6.45, 7) is 1.89. The Morgan fingerprint density at radius 1 is 1.30 bits per heavy atom. The topological polar surface area (TPSA) is 92.5 Å². The van der Waals surface area contributed by atoms with Gasteiger partial charge in [-0.1, -0.05) is 6.92 Å². The minimum Gasteiger partial charge on any atom is -0.391 e. The van der Waals surface area contributed by atoms with Gasteiger partial charge < -0.3 is 21.7 Å². The highest BCUT2D eigenvalue weighted by Crippen LogP contribution is 1.99. The lowest BCUT2D eigenvalue weighted by molar-refractivity contribution is 0.0582. The zero-order valence-corrected chi connectivity index (χ0v) is 6.20. The number of hydrogen-bond acceptors (Lipinski definition) is 4. The van der Waals surface area contributed by atoms with Crippen LogP contribution in [0.5, 0.6) is 0 Å². The lowest BCUT2D eigenvalue weighted by Crippen LogP contribution is -2.47. The van der Waals surface area contributed by atoms with Gasteiger partial charge in [0.2, 0.25) is 0 Å². The van der Waals surface area contributed by atoms with E-state index in [9.17, 15) is 0 Å². The molecule has 0 heterocycles. The average Bonchev–Trinajstić information content (AvgIpc) is 2.00. The van der Waals surface area contributed by atoms with E-state index < -0.39 is 18.2 Å². The minimum absolute atomic E-state index is 0.0955. The molecule has 0 amide bonds. The smallest absolute Gasteiger partial charge is 0.0838 e. The first kappa shape index (κ1) is 9.84. The van der Waals surface area contributed by atoms with E-state index in [1.165, 1.54) is 0 Å². The maximum absolute atomic E-state index is 9.09. The predicted molar refractivity (Wildman–Crippen MR) is 39.3 cm³/mol. The van der Waals surface area contributed by atoms with Gasteiger partial charge in [-0.2, -0.15) is 0 Å². The Bertz CT molecular complexity index is 79.8. The summed E-state index contributed by atoms with van der Waals surface area (Å²) in [5.74, 6) is 0. The van der Waals surface area contributed by atoms with Gasteiger partial charge in [0.05, 0.1) is 18.2 Å². The summed E-state index contributed by atoms with van der Waals surface area (Å²) in [5, 5.41) is 18.1. The van der Waals surface area contributed by atoms with Gasteiger partial charge in [-0.05, 0) is 6.42 Å². The molecule has 0 aliphatic rings. The number of aliphatic hydroxyl groups is 2. The SMILES string of the molecule is CCC(O)C(N)C(O)CN. The lowest BCUT2D eigenvalue weighted by atomic mass is 10.0. The molecule has 0 fully saturated rings.